The van der Waals surface area contributed by atoms with Gasteiger partial charge in [-0.15, -0.1) is 0 Å². The van der Waals surface area contributed by atoms with Gasteiger partial charge in [-0.2, -0.15) is 0 Å². The van der Waals surface area contributed by atoms with Crippen LogP contribution in [0.4, 0.5) is 15.8 Å². The molecule has 1 unspecified atom stereocenters. The average Bonchev–Trinajstić information content (AvgIpc) is 2.40. The maximum absolute atomic E-state index is 13.7. The zero-order chi connectivity index (χ0) is 14.7. The van der Waals surface area contributed by atoms with Crippen molar-refractivity contribution in [2.24, 2.45) is 0 Å². The number of nitrogens with zero attached hydrogens (tertiary/aromatic N) is 3. The monoisotopic (exact) mass is 282 g/mol. The van der Waals surface area contributed by atoms with E-state index < -0.39 is 10.7 Å². The Morgan fingerprint density at radius 1 is 1.45 bits per heavy atom. The van der Waals surface area contributed by atoms with Gasteiger partial charge in [0.1, 0.15) is 0 Å². The van der Waals surface area contributed by atoms with Crippen molar-refractivity contribution < 1.29 is 9.31 Å². The van der Waals surface area contributed by atoms with Gasteiger partial charge in [0.25, 0.3) is 5.69 Å². The lowest BCUT2D eigenvalue weighted by atomic mass is 10.2. The van der Waals surface area contributed by atoms with Crippen LogP contribution in [0.1, 0.15) is 0 Å². The fraction of sp³-hybridized carbons (Fsp3) is 0.538. The van der Waals surface area contributed by atoms with Crippen molar-refractivity contribution in [3.63, 3.8) is 0 Å². The lowest BCUT2D eigenvalue weighted by Crippen LogP contribution is -2.52. The topological polar surface area (TPSA) is 61.6 Å². The molecule has 1 saturated heterocycles. The third-order valence-corrected chi connectivity index (χ3v) is 3.67. The highest BCUT2D eigenvalue weighted by Gasteiger charge is 2.22. The van der Waals surface area contributed by atoms with Crippen LogP contribution >= 0.6 is 0 Å². The van der Waals surface area contributed by atoms with Crippen LogP contribution in [0.5, 0.6) is 0 Å². The standard InChI is InChI=1S/C13H19FN4O2/c1-16-5-6-17(2)11(9-16)8-15-13-4-3-10(18(19)20)7-12(13)14/h3-4,7,11,15H,5-6,8-9H2,1-2H3. The van der Waals surface area contributed by atoms with Crippen molar-refractivity contribution in [3.8, 4) is 0 Å². The summed E-state index contributed by atoms with van der Waals surface area (Å²) in [6.07, 6.45) is 0. The Hall–Kier alpha value is -1.73. The Balaban J connectivity index is 1.98. The van der Waals surface area contributed by atoms with E-state index in [0.717, 1.165) is 25.7 Å². The molecule has 1 aliphatic heterocycles. The van der Waals surface area contributed by atoms with Gasteiger partial charge in [0.05, 0.1) is 16.7 Å². The van der Waals surface area contributed by atoms with Crippen LogP contribution in [0.15, 0.2) is 18.2 Å². The largest absolute Gasteiger partial charge is 0.381 e. The summed E-state index contributed by atoms with van der Waals surface area (Å²) in [6, 6.07) is 3.96. The first-order chi connectivity index (χ1) is 9.47. The summed E-state index contributed by atoms with van der Waals surface area (Å²) in [7, 11) is 4.11. The third-order valence-electron chi connectivity index (χ3n) is 3.67. The van der Waals surface area contributed by atoms with Crippen molar-refractivity contribution in [2.45, 2.75) is 6.04 Å². The van der Waals surface area contributed by atoms with Crippen LogP contribution in [0.3, 0.4) is 0 Å². The summed E-state index contributed by atoms with van der Waals surface area (Å²) in [4.78, 5) is 14.4. The second kappa shape index (κ2) is 6.15. The van der Waals surface area contributed by atoms with Crippen molar-refractivity contribution in [3.05, 3.63) is 34.1 Å². The summed E-state index contributed by atoms with van der Waals surface area (Å²) in [5.41, 5.74) is 0.0693. The number of nitro groups is 1. The van der Waals surface area contributed by atoms with E-state index in [4.69, 9.17) is 0 Å². The van der Waals surface area contributed by atoms with Crippen LogP contribution in [-0.2, 0) is 0 Å². The zero-order valence-corrected chi connectivity index (χ0v) is 11.7. The normalized spacial score (nSPS) is 20.9. The minimum atomic E-state index is -0.600. The highest BCUT2D eigenvalue weighted by atomic mass is 19.1. The Labute approximate surface area is 117 Å². The minimum absolute atomic E-state index is 0.234. The molecule has 110 valence electrons. The minimum Gasteiger partial charge on any atom is -0.381 e. The number of rotatable bonds is 4. The SMILES string of the molecule is CN1CCN(C)C(CNc2ccc([N+](=O)[O-])cc2F)C1. The number of halogens is 1. The average molecular weight is 282 g/mol. The van der Waals surface area contributed by atoms with E-state index >= 15 is 0 Å². The van der Waals surface area contributed by atoms with E-state index in [9.17, 15) is 14.5 Å². The first kappa shape index (κ1) is 14.7. The molecule has 0 bridgehead atoms. The van der Waals surface area contributed by atoms with E-state index in [1.807, 2.05) is 7.05 Å². The van der Waals surface area contributed by atoms with Gasteiger partial charge >= 0.3 is 0 Å². The molecular formula is C13H19FN4O2. The molecule has 0 radical (unpaired) electrons. The van der Waals surface area contributed by atoms with Gasteiger partial charge in [-0.1, -0.05) is 0 Å². The van der Waals surface area contributed by atoms with E-state index in [0.29, 0.717) is 18.3 Å². The van der Waals surface area contributed by atoms with E-state index in [1.54, 1.807) is 0 Å². The van der Waals surface area contributed by atoms with E-state index in [2.05, 4.69) is 22.2 Å². The molecule has 1 heterocycles. The quantitative estimate of drug-likeness (QED) is 0.668. The van der Waals surface area contributed by atoms with Crippen LogP contribution in [-0.4, -0.2) is 61.0 Å². The van der Waals surface area contributed by atoms with E-state index in [1.165, 1.54) is 12.1 Å². The van der Waals surface area contributed by atoms with Gasteiger partial charge in [0.15, 0.2) is 5.82 Å². The summed E-state index contributed by atoms with van der Waals surface area (Å²) in [5.74, 6) is -0.592. The van der Waals surface area contributed by atoms with Crippen molar-refractivity contribution >= 4 is 11.4 Å². The molecule has 0 amide bonds. The number of benzene rings is 1. The molecule has 0 saturated carbocycles. The number of likely N-dealkylation sites (N-methyl/N-ethyl adjacent to an activating group) is 2. The zero-order valence-electron chi connectivity index (χ0n) is 11.7. The maximum Gasteiger partial charge on any atom is 0.272 e. The molecule has 1 N–H and O–H groups in total. The number of hydrogen-bond donors (Lipinski definition) is 1. The highest BCUT2D eigenvalue weighted by Crippen LogP contribution is 2.20. The highest BCUT2D eigenvalue weighted by molar-refractivity contribution is 5.50. The molecule has 1 aliphatic rings. The molecule has 1 atom stereocenters. The fourth-order valence-corrected chi connectivity index (χ4v) is 2.31. The summed E-state index contributed by atoms with van der Waals surface area (Å²) >= 11 is 0. The number of nitro benzene ring substituents is 1. The lowest BCUT2D eigenvalue weighted by Gasteiger charge is -2.37. The van der Waals surface area contributed by atoms with Crippen LogP contribution < -0.4 is 5.32 Å². The number of nitrogens with one attached hydrogen (secondary N) is 1. The Kier molecular flexibility index (Phi) is 4.51. The summed E-state index contributed by atoms with van der Waals surface area (Å²) < 4.78 is 13.7. The lowest BCUT2D eigenvalue weighted by molar-refractivity contribution is -0.385. The van der Waals surface area contributed by atoms with Gasteiger partial charge in [-0.25, -0.2) is 4.39 Å². The number of non-ortho nitro benzene ring substituents is 1. The third kappa shape index (κ3) is 3.43. The number of piperazine rings is 1. The van der Waals surface area contributed by atoms with Gasteiger partial charge in [-0.05, 0) is 20.2 Å². The van der Waals surface area contributed by atoms with E-state index in [-0.39, 0.29) is 5.69 Å². The Bertz CT molecular complexity index is 497. The van der Waals surface area contributed by atoms with Gasteiger partial charge in [0, 0.05) is 38.3 Å². The predicted octanol–water partition coefficient (Wildman–Crippen LogP) is 1.39. The fourth-order valence-electron chi connectivity index (χ4n) is 2.31. The van der Waals surface area contributed by atoms with Crippen LogP contribution in [0.25, 0.3) is 0 Å². The molecule has 6 nitrogen and oxygen atoms in total. The van der Waals surface area contributed by atoms with Gasteiger partial charge in [0.2, 0.25) is 0 Å². The predicted molar refractivity (Wildman–Crippen MR) is 75.5 cm³/mol. The molecule has 20 heavy (non-hydrogen) atoms. The molecule has 1 fully saturated rings. The molecule has 0 aromatic heterocycles. The smallest absolute Gasteiger partial charge is 0.272 e. The second-order valence-electron chi connectivity index (χ2n) is 5.20. The second-order valence-corrected chi connectivity index (χ2v) is 5.20. The first-order valence-corrected chi connectivity index (χ1v) is 6.54. The van der Waals surface area contributed by atoms with Crippen molar-refractivity contribution in [1.29, 1.82) is 0 Å². The van der Waals surface area contributed by atoms with Gasteiger partial charge in [-0.3, -0.25) is 15.0 Å². The molecule has 7 heteroatoms. The number of hydrogen-bond acceptors (Lipinski definition) is 5. The first-order valence-electron chi connectivity index (χ1n) is 6.54. The van der Waals surface area contributed by atoms with Crippen LogP contribution in [0, 0.1) is 15.9 Å². The van der Waals surface area contributed by atoms with Crippen molar-refractivity contribution in [1.82, 2.24) is 9.80 Å². The molecule has 0 aliphatic carbocycles. The molecule has 0 spiro atoms. The van der Waals surface area contributed by atoms with Gasteiger partial charge < -0.3 is 10.2 Å². The Morgan fingerprint density at radius 3 is 2.85 bits per heavy atom. The summed E-state index contributed by atoms with van der Waals surface area (Å²) in [5, 5.41) is 13.6. The van der Waals surface area contributed by atoms with Crippen molar-refractivity contribution in [2.75, 3.05) is 45.6 Å². The molecule has 1 aromatic carbocycles. The maximum atomic E-state index is 13.7. The molecular weight excluding hydrogens is 263 g/mol. The van der Waals surface area contributed by atoms with Crippen LogP contribution in [0.2, 0.25) is 0 Å². The number of anilines is 1. The molecule has 1 aromatic rings. The Morgan fingerprint density at radius 2 is 2.20 bits per heavy atom. The molecule has 2 rings (SSSR count). The summed E-state index contributed by atoms with van der Waals surface area (Å²) in [6.45, 7) is 3.53.